The van der Waals surface area contributed by atoms with Crippen molar-refractivity contribution in [3.63, 3.8) is 0 Å². The van der Waals surface area contributed by atoms with Gasteiger partial charge in [0.15, 0.2) is 0 Å². The largest absolute Gasteiger partial charge is 0.279 e. The van der Waals surface area contributed by atoms with Crippen LogP contribution >= 0.6 is 11.3 Å². The quantitative estimate of drug-likeness (QED) is 0.649. The average molecular weight is 346 g/mol. The number of aryl methyl sites for hydroxylation is 2. The third-order valence-electron chi connectivity index (χ3n) is 5.23. The van der Waals surface area contributed by atoms with Crippen LogP contribution in [0.5, 0.6) is 0 Å². The van der Waals surface area contributed by atoms with Gasteiger partial charge in [-0.25, -0.2) is 0 Å². The summed E-state index contributed by atoms with van der Waals surface area (Å²) < 4.78 is 0. The van der Waals surface area contributed by atoms with E-state index in [1.165, 1.54) is 28.9 Å². The van der Waals surface area contributed by atoms with E-state index in [4.69, 9.17) is 0 Å². The smallest absolute Gasteiger partial charge is 0.273 e. The number of hydrazine groups is 1. The number of hydrogen-bond donors (Lipinski definition) is 2. The lowest BCUT2D eigenvalue weighted by atomic mass is 9.99. The number of thiophene rings is 1. The van der Waals surface area contributed by atoms with E-state index in [2.05, 4.69) is 30.8 Å². The predicted octanol–water partition coefficient (Wildman–Crippen LogP) is 3.63. The van der Waals surface area contributed by atoms with E-state index in [0.29, 0.717) is 4.88 Å². The highest BCUT2D eigenvalue weighted by Gasteiger charge is 2.60. The molecule has 0 bridgehead atoms. The third kappa shape index (κ3) is 3.27. The Hall–Kier alpha value is -1.62. The Labute approximate surface area is 147 Å². The first-order chi connectivity index (χ1) is 11.3. The predicted molar refractivity (Wildman–Crippen MR) is 96.8 cm³/mol. The van der Waals surface area contributed by atoms with Crippen molar-refractivity contribution in [2.75, 3.05) is 0 Å². The van der Waals surface area contributed by atoms with Gasteiger partial charge in [0.25, 0.3) is 5.91 Å². The number of carbonyl (C=O) groups excluding carboxylic acids is 2. The zero-order valence-corrected chi connectivity index (χ0v) is 15.7. The van der Waals surface area contributed by atoms with Gasteiger partial charge in [-0.2, -0.15) is 0 Å². The molecule has 3 rings (SSSR count). The monoisotopic (exact) mass is 346 g/mol. The van der Waals surface area contributed by atoms with E-state index in [1.807, 2.05) is 19.9 Å². The van der Waals surface area contributed by atoms with E-state index in [1.54, 1.807) is 11.3 Å². The highest BCUT2D eigenvalue weighted by atomic mass is 32.1. The molecule has 2 aliphatic carbocycles. The highest BCUT2D eigenvalue weighted by Crippen LogP contribution is 2.59. The highest BCUT2D eigenvalue weighted by molar-refractivity contribution is 7.14. The maximum atomic E-state index is 12.4. The van der Waals surface area contributed by atoms with Gasteiger partial charge >= 0.3 is 0 Å². The van der Waals surface area contributed by atoms with Crippen LogP contribution in [0.25, 0.3) is 0 Å². The molecule has 1 aromatic rings. The molecule has 2 N–H and O–H groups in total. The molecule has 24 heavy (non-hydrogen) atoms. The molecule has 2 amide bonds. The molecule has 0 aromatic carbocycles. The van der Waals surface area contributed by atoms with E-state index >= 15 is 0 Å². The molecule has 1 aromatic heterocycles. The zero-order chi connectivity index (χ0) is 17.5. The van der Waals surface area contributed by atoms with Crippen LogP contribution in [-0.2, 0) is 17.6 Å². The lowest BCUT2D eigenvalue weighted by Gasteiger charge is -2.08. The van der Waals surface area contributed by atoms with Gasteiger partial charge in [0.1, 0.15) is 0 Å². The van der Waals surface area contributed by atoms with Crippen LogP contribution in [0.3, 0.4) is 0 Å². The normalized spacial score (nSPS) is 23.8. The van der Waals surface area contributed by atoms with Crippen LogP contribution in [0, 0.1) is 17.3 Å². The molecule has 0 aliphatic heterocycles. The van der Waals surface area contributed by atoms with Crippen LogP contribution in [0.1, 0.15) is 60.6 Å². The molecular formula is C19H26N2O2S. The van der Waals surface area contributed by atoms with Crippen LogP contribution in [0.15, 0.2) is 17.7 Å². The van der Waals surface area contributed by atoms with Gasteiger partial charge < -0.3 is 0 Å². The van der Waals surface area contributed by atoms with Crippen molar-refractivity contribution in [1.29, 1.82) is 0 Å². The fourth-order valence-corrected chi connectivity index (χ4v) is 4.86. The Balaban J connectivity index is 1.58. The van der Waals surface area contributed by atoms with Crippen molar-refractivity contribution in [3.8, 4) is 0 Å². The first-order valence-electron chi connectivity index (χ1n) is 8.67. The Morgan fingerprint density at radius 3 is 2.58 bits per heavy atom. The summed E-state index contributed by atoms with van der Waals surface area (Å²) in [4.78, 5) is 26.7. The minimum Gasteiger partial charge on any atom is -0.273 e. The molecule has 130 valence electrons. The molecule has 1 saturated carbocycles. The van der Waals surface area contributed by atoms with Gasteiger partial charge in [-0.1, -0.05) is 25.5 Å². The first-order valence-corrected chi connectivity index (χ1v) is 9.49. The number of nitrogens with one attached hydrogen (secondary N) is 2. The Morgan fingerprint density at radius 1 is 1.21 bits per heavy atom. The summed E-state index contributed by atoms with van der Waals surface area (Å²) >= 11 is 1.56. The van der Waals surface area contributed by atoms with Gasteiger partial charge in [0.2, 0.25) is 5.91 Å². The molecule has 1 heterocycles. The minimum absolute atomic E-state index is 0.0475. The van der Waals surface area contributed by atoms with E-state index in [0.717, 1.165) is 12.8 Å². The number of hydrogen-bond acceptors (Lipinski definition) is 3. The van der Waals surface area contributed by atoms with E-state index < -0.39 is 0 Å². The Kier molecular flexibility index (Phi) is 4.56. The zero-order valence-electron chi connectivity index (χ0n) is 14.9. The van der Waals surface area contributed by atoms with Gasteiger partial charge in [0.05, 0.1) is 10.8 Å². The van der Waals surface area contributed by atoms with Crippen molar-refractivity contribution in [2.45, 2.75) is 53.4 Å². The summed E-state index contributed by atoms with van der Waals surface area (Å²) in [5, 5.41) is 0. The maximum absolute atomic E-state index is 12.4. The Morgan fingerprint density at radius 2 is 1.92 bits per heavy atom. The summed E-state index contributed by atoms with van der Waals surface area (Å²) in [6, 6.07) is 1.98. The summed E-state index contributed by atoms with van der Waals surface area (Å²) in [5.74, 6) is -0.144. The van der Waals surface area contributed by atoms with Crippen molar-refractivity contribution in [1.82, 2.24) is 10.9 Å². The van der Waals surface area contributed by atoms with Crippen molar-refractivity contribution >= 4 is 23.2 Å². The third-order valence-corrected chi connectivity index (χ3v) is 6.46. The summed E-state index contributed by atoms with van der Waals surface area (Å²) in [6.45, 7) is 8.28. The number of carbonyl (C=O) groups is 2. The fourth-order valence-electron chi connectivity index (χ4n) is 3.71. The molecule has 1 fully saturated rings. The molecule has 0 saturated heterocycles. The topological polar surface area (TPSA) is 58.2 Å². The molecule has 2 aliphatic rings. The van der Waals surface area contributed by atoms with E-state index in [-0.39, 0.29) is 29.1 Å². The summed E-state index contributed by atoms with van der Waals surface area (Å²) in [5.41, 5.74) is 7.69. The summed E-state index contributed by atoms with van der Waals surface area (Å²) in [7, 11) is 0. The number of fused-ring (bicyclic) bond motifs is 1. The summed E-state index contributed by atoms with van der Waals surface area (Å²) in [6.07, 6.45) is 6.68. The maximum Gasteiger partial charge on any atom is 0.279 e. The average Bonchev–Trinajstić information content (AvgIpc) is 2.88. The molecule has 2 unspecified atom stereocenters. The molecule has 0 radical (unpaired) electrons. The van der Waals surface area contributed by atoms with Gasteiger partial charge in [-0.15, -0.1) is 11.3 Å². The van der Waals surface area contributed by atoms with Crippen LogP contribution in [-0.4, -0.2) is 11.8 Å². The van der Waals surface area contributed by atoms with Crippen molar-refractivity contribution in [3.05, 3.63) is 33.0 Å². The van der Waals surface area contributed by atoms with Crippen LogP contribution in [0.4, 0.5) is 0 Å². The van der Waals surface area contributed by atoms with Crippen molar-refractivity contribution < 1.29 is 9.59 Å². The van der Waals surface area contributed by atoms with Crippen LogP contribution in [0.2, 0.25) is 0 Å². The van der Waals surface area contributed by atoms with Gasteiger partial charge in [0, 0.05) is 4.88 Å². The molecule has 5 heteroatoms. The minimum atomic E-state index is -0.208. The van der Waals surface area contributed by atoms with Crippen molar-refractivity contribution in [2.24, 2.45) is 17.3 Å². The second kappa shape index (κ2) is 6.36. The standard InChI is InChI=1S/C19H26N2O2S/c1-11(2)9-13-16(19(13,3)4)18(23)21-20-17(22)15-10-12-7-5-6-8-14(12)24-15/h9-10,13,16H,5-8H2,1-4H3,(H,20,22)(H,21,23). The van der Waals surface area contributed by atoms with Gasteiger partial charge in [-0.05, 0) is 62.5 Å². The SMILES string of the molecule is CC(C)=CC1C(C(=O)NNC(=O)c2cc3c(s2)CCCC3)C1(C)C. The fraction of sp³-hybridized carbons (Fsp3) is 0.579. The molecule has 2 atom stereocenters. The molecular weight excluding hydrogens is 320 g/mol. The number of rotatable bonds is 3. The number of allylic oxidation sites excluding steroid dienone is 2. The van der Waals surface area contributed by atoms with Gasteiger partial charge in [-0.3, -0.25) is 20.4 Å². The lowest BCUT2D eigenvalue weighted by Crippen LogP contribution is -2.42. The Bertz CT molecular complexity index is 675. The first kappa shape index (κ1) is 17.2. The molecule has 0 spiro atoms. The number of amides is 2. The second-order valence-electron chi connectivity index (χ2n) is 7.78. The lowest BCUT2D eigenvalue weighted by molar-refractivity contribution is -0.123. The van der Waals surface area contributed by atoms with Crippen LogP contribution < -0.4 is 10.9 Å². The second-order valence-corrected chi connectivity index (χ2v) is 8.92. The van der Waals surface area contributed by atoms with E-state index in [9.17, 15) is 9.59 Å². The molecule has 4 nitrogen and oxygen atoms in total.